The minimum atomic E-state index is 0.670. The van der Waals surface area contributed by atoms with E-state index in [2.05, 4.69) is 15.3 Å². The molecule has 3 N–H and O–H groups in total. The van der Waals surface area contributed by atoms with Gasteiger partial charge in [0.05, 0.1) is 5.69 Å². The maximum Gasteiger partial charge on any atom is 0.130 e. The highest BCUT2D eigenvalue weighted by Crippen LogP contribution is 2.17. The number of nitrogens with two attached hydrogens (primary N) is 1. The number of anilines is 1. The summed E-state index contributed by atoms with van der Waals surface area (Å²) in [7, 11) is 0. The van der Waals surface area contributed by atoms with Gasteiger partial charge in [0.2, 0.25) is 0 Å². The quantitative estimate of drug-likeness (QED) is 0.647. The van der Waals surface area contributed by atoms with Gasteiger partial charge < -0.3 is 11.1 Å². The van der Waals surface area contributed by atoms with Gasteiger partial charge in [-0.3, -0.25) is 0 Å². The molecule has 0 aromatic carbocycles. The molecule has 4 nitrogen and oxygen atoms in total. The van der Waals surface area contributed by atoms with Crippen LogP contribution in [0, 0.1) is 0 Å². The van der Waals surface area contributed by atoms with Gasteiger partial charge in [0.1, 0.15) is 11.6 Å². The molecule has 0 saturated carbocycles. The first-order valence-corrected chi connectivity index (χ1v) is 4.66. The first-order valence-electron chi connectivity index (χ1n) is 4.66. The largest absolute Gasteiger partial charge is 0.383 e. The molecule has 1 aromatic heterocycles. The molecule has 2 heterocycles. The lowest BCUT2D eigenvalue weighted by atomic mass is 10.1. The van der Waals surface area contributed by atoms with Gasteiger partial charge in [-0.15, -0.1) is 0 Å². The van der Waals surface area contributed by atoms with E-state index in [9.17, 15) is 0 Å². The van der Waals surface area contributed by atoms with Crippen LogP contribution in [0.3, 0.4) is 0 Å². The van der Waals surface area contributed by atoms with E-state index in [4.69, 9.17) is 5.73 Å². The van der Waals surface area contributed by atoms with E-state index >= 15 is 0 Å². The Morgan fingerprint density at radius 1 is 1.46 bits per heavy atom. The van der Waals surface area contributed by atoms with E-state index < -0.39 is 0 Å². The van der Waals surface area contributed by atoms with E-state index in [0.29, 0.717) is 5.82 Å². The minimum Gasteiger partial charge on any atom is -0.383 e. The molecule has 0 fully saturated rings. The zero-order chi connectivity index (χ0) is 9.26. The average Bonchev–Trinajstić information content (AvgIpc) is 2.18. The fourth-order valence-electron chi connectivity index (χ4n) is 1.60. The van der Waals surface area contributed by atoms with Crippen LogP contribution in [0.1, 0.15) is 24.0 Å². The monoisotopic (exact) mass is 178 g/mol. The number of aryl methyl sites for hydroxylation is 1. The van der Waals surface area contributed by atoms with Crippen LogP contribution in [0.4, 0.5) is 5.82 Å². The summed E-state index contributed by atoms with van der Waals surface area (Å²) in [4.78, 5) is 8.68. The van der Waals surface area contributed by atoms with Crippen molar-refractivity contribution in [3.63, 3.8) is 0 Å². The number of nitrogens with one attached hydrogen (secondary N) is 1. The molecule has 0 bridgehead atoms. The highest BCUT2D eigenvalue weighted by Gasteiger charge is 2.14. The van der Waals surface area contributed by atoms with Gasteiger partial charge in [0.25, 0.3) is 0 Å². The van der Waals surface area contributed by atoms with E-state index in [-0.39, 0.29) is 0 Å². The van der Waals surface area contributed by atoms with Crippen molar-refractivity contribution in [3.8, 4) is 0 Å². The lowest BCUT2D eigenvalue weighted by Gasteiger charge is -2.17. The number of aromatic nitrogens is 2. The number of hydrogen-bond donors (Lipinski definition) is 2. The van der Waals surface area contributed by atoms with Crippen molar-refractivity contribution in [2.45, 2.75) is 26.3 Å². The summed E-state index contributed by atoms with van der Waals surface area (Å²) in [6.07, 6.45) is 1.79. The van der Waals surface area contributed by atoms with Crippen molar-refractivity contribution in [2.75, 3.05) is 12.3 Å². The second-order valence-corrected chi connectivity index (χ2v) is 3.23. The maximum absolute atomic E-state index is 5.84. The number of fused-ring (bicyclic) bond motifs is 1. The molecule has 4 heteroatoms. The minimum absolute atomic E-state index is 0.670. The standard InChI is InChI=1S/C9H14N4/c1-2-8-12-7-5-11-4-3-6(7)9(10)13-8/h11H,2-5H2,1H3,(H2,10,12,13). The topological polar surface area (TPSA) is 63.8 Å². The van der Waals surface area contributed by atoms with Crippen molar-refractivity contribution in [1.29, 1.82) is 0 Å². The molecule has 1 aliphatic heterocycles. The maximum atomic E-state index is 5.84. The number of nitrogens with zero attached hydrogens (tertiary/aromatic N) is 2. The van der Waals surface area contributed by atoms with Crippen LogP contribution in [-0.2, 0) is 19.4 Å². The fraction of sp³-hybridized carbons (Fsp3) is 0.556. The van der Waals surface area contributed by atoms with Crippen molar-refractivity contribution in [1.82, 2.24) is 15.3 Å². The summed E-state index contributed by atoms with van der Waals surface area (Å²) >= 11 is 0. The van der Waals surface area contributed by atoms with Gasteiger partial charge in [0, 0.05) is 18.5 Å². The van der Waals surface area contributed by atoms with Crippen LogP contribution >= 0.6 is 0 Å². The van der Waals surface area contributed by atoms with Crippen LogP contribution in [0.25, 0.3) is 0 Å². The predicted octanol–water partition coefficient (Wildman–Crippen LogP) is 0.267. The lowest BCUT2D eigenvalue weighted by Crippen LogP contribution is -2.26. The molecular weight excluding hydrogens is 164 g/mol. The third kappa shape index (κ3) is 1.49. The molecule has 0 atom stereocenters. The van der Waals surface area contributed by atoms with Crippen LogP contribution in [0.2, 0.25) is 0 Å². The van der Waals surface area contributed by atoms with E-state index in [1.807, 2.05) is 6.92 Å². The Hall–Kier alpha value is -1.16. The summed E-state index contributed by atoms with van der Waals surface area (Å²) in [6, 6.07) is 0. The zero-order valence-electron chi connectivity index (χ0n) is 7.80. The molecule has 0 aliphatic carbocycles. The normalized spacial score (nSPS) is 15.5. The number of nitrogen functional groups attached to an aromatic ring is 1. The highest BCUT2D eigenvalue weighted by molar-refractivity contribution is 5.43. The van der Waals surface area contributed by atoms with Crippen molar-refractivity contribution in [2.24, 2.45) is 0 Å². The Labute approximate surface area is 77.6 Å². The molecule has 1 aromatic rings. The van der Waals surface area contributed by atoms with Crippen LogP contribution < -0.4 is 11.1 Å². The van der Waals surface area contributed by atoms with Gasteiger partial charge in [0.15, 0.2) is 0 Å². The second kappa shape index (κ2) is 3.30. The first-order chi connectivity index (χ1) is 6.31. The van der Waals surface area contributed by atoms with E-state index in [1.54, 1.807) is 0 Å². The zero-order valence-corrected chi connectivity index (χ0v) is 7.80. The van der Waals surface area contributed by atoms with Crippen LogP contribution in [0.5, 0.6) is 0 Å². The summed E-state index contributed by atoms with van der Waals surface area (Å²) < 4.78 is 0. The Morgan fingerprint density at radius 2 is 2.31 bits per heavy atom. The molecule has 2 rings (SSSR count). The van der Waals surface area contributed by atoms with E-state index in [0.717, 1.165) is 43.0 Å². The summed E-state index contributed by atoms with van der Waals surface area (Å²) in [5.41, 5.74) is 8.05. The highest BCUT2D eigenvalue weighted by atomic mass is 15.0. The summed E-state index contributed by atoms with van der Waals surface area (Å²) in [5, 5.41) is 3.27. The predicted molar refractivity (Wildman–Crippen MR) is 51.2 cm³/mol. The number of hydrogen-bond acceptors (Lipinski definition) is 4. The molecule has 1 aliphatic rings. The number of rotatable bonds is 1. The summed E-state index contributed by atoms with van der Waals surface area (Å²) in [6.45, 7) is 3.85. The Bertz CT molecular complexity index is 322. The molecule has 0 spiro atoms. The van der Waals surface area contributed by atoms with Crippen molar-refractivity contribution < 1.29 is 0 Å². The first kappa shape index (κ1) is 8.44. The third-order valence-electron chi connectivity index (χ3n) is 2.33. The molecule has 13 heavy (non-hydrogen) atoms. The molecule has 0 amide bonds. The molecule has 0 radical (unpaired) electrons. The molecule has 0 unspecified atom stereocenters. The Balaban J connectivity index is 2.47. The van der Waals surface area contributed by atoms with Gasteiger partial charge in [-0.05, 0) is 13.0 Å². The third-order valence-corrected chi connectivity index (χ3v) is 2.33. The van der Waals surface area contributed by atoms with Crippen LogP contribution in [0.15, 0.2) is 0 Å². The molecular formula is C9H14N4. The van der Waals surface area contributed by atoms with Gasteiger partial charge >= 0.3 is 0 Å². The Kier molecular flexibility index (Phi) is 2.14. The van der Waals surface area contributed by atoms with Crippen molar-refractivity contribution >= 4 is 5.82 Å². The van der Waals surface area contributed by atoms with Crippen LogP contribution in [-0.4, -0.2) is 16.5 Å². The van der Waals surface area contributed by atoms with Gasteiger partial charge in [-0.25, -0.2) is 9.97 Å². The Morgan fingerprint density at radius 3 is 3.08 bits per heavy atom. The van der Waals surface area contributed by atoms with Gasteiger partial charge in [-0.2, -0.15) is 0 Å². The van der Waals surface area contributed by atoms with Gasteiger partial charge in [-0.1, -0.05) is 6.92 Å². The van der Waals surface area contributed by atoms with Crippen molar-refractivity contribution in [3.05, 3.63) is 17.1 Å². The summed E-state index contributed by atoms with van der Waals surface area (Å²) in [5.74, 6) is 1.52. The molecule has 70 valence electrons. The smallest absolute Gasteiger partial charge is 0.130 e. The second-order valence-electron chi connectivity index (χ2n) is 3.23. The average molecular weight is 178 g/mol. The molecule has 0 saturated heterocycles. The fourth-order valence-corrected chi connectivity index (χ4v) is 1.60. The van der Waals surface area contributed by atoms with E-state index in [1.165, 1.54) is 0 Å². The SMILES string of the molecule is CCc1nc(N)c2c(n1)CNCC2. The lowest BCUT2D eigenvalue weighted by molar-refractivity contribution is 0.619.